The number of aryl methyl sites for hydroxylation is 1. The van der Waals surface area contributed by atoms with E-state index in [4.69, 9.17) is 10.1 Å². The molecule has 0 bridgehead atoms. The van der Waals surface area contributed by atoms with Crippen LogP contribution in [-0.2, 0) is 4.74 Å². The van der Waals surface area contributed by atoms with Crippen LogP contribution in [0, 0.1) is 12.3 Å². The third kappa shape index (κ3) is 4.14. The summed E-state index contributed by atoms with van der Waals surface area (Å²) in [5.74, 6) is 0.665. The Morgan fingerprint density at radius 3 is 2.87 bits per heavy atom. The van der Waals surface area contributed by atoms with E-state index in [1.54, 1.807) is 0 Å². The number of fused-ring (bicyclic) bond motifs is 1. The molecule has 7 nitrogen and oxygen atoms in total. The fraction of sp³-hybridized carbons (Fsp3) is 0.438. The number of para-hydroxylation sites is 1. The van der Waals surface area contributed by atoms with Crippen molar-refractivity contribution in [3.8, 4) is 0 Å². The molecule has 0 saturated carbocycles. The van der Waals surface area contributed by atoms with Gasteiger partial charge in [0.05, 0.1) is 24.4 Å². The van der Waals surface area contributed by atoms with E-state index in [2.05, 4.69) is 25.5 Å². The molecule has 0 unspecified atom stereocenters. The van der Waals surface area contributed by atoms with Crippen LogP contribution in [0.4, 0.5) is 5.95 Å². The Morgan fingerprint density at radius 2 is 2.04 bits per heavy atom. The molecule has 0 radical (unpaired) electrons. The van der Waals surface area contributed by atoms with Gasteiger partial charge in [0.1, 0.15) is 0 Å². The van der Waals surface area contributed by atoms with Crippen molar-refractivity contribution in [2.24, 2.45) is 0 Å². The molecule has 1 aliphatic rings. The van der Waals surface area contributed by atoms with Crippen molar-refractivity contribution in [3.05, 3.63) is 30.0 Å². The van der Waals surface area contributed by atoms with Gasteiger partial charge in [0, 0.05) is 31.6 Å². The lowest BCUT2D eigenvalue weighted by Gasteiger charge is -2.26. The molecule has 1 aliphatic heterocycles. The van der Waals surface area contributed by atoms with Gasteiger partial charge < -0.3 is 10.1 Å². The van der Waals surface area contributed by atoms with Gasteiger partial charge in [-0.2, -0.15) is 0 Å². The van der Waals surface area contributed by atoms with Crippen LogP contribution >= 0.6 is 0 Å². The SMILES string of the molecule is Cc1nc(NC(=N)NCCN2CCOCC2)nc2ccccc12. The van der Waals surface area contributed by atoms with Gasteiger partial charge >= 0.3 is 0 Å². The topological polar surface area (TPSA) is 86.2 Å². The summed E-state index contributed by atoms with van der Waals surface area (Å²) in [6, 6.07) is 7.87. The summed E-state index contributed by atoms with van der Waals surface area (Å²) in [6.45, 7) is 7.04. The molecule has 1 aromatic heterocycles. The molecule has 0 aliphatic carbocycles. The average Bonchev–Trinajstić information content (AvgIpc) is 2.56. The van der Waals surface area contributed by atoms with E-state index in [-0.39, 0.29) is 5.96 Å². The second-order valence-electron chi connectivity index (χ2n) is 5.53. The highest BCUT2D eigenvalue weighted by Crippen LogP contribution is 2.16. The highest BCUT2D eigenvalue weighted by atomic mass is 16.5. The predicted octanol–water partition coefficient (Wildman–Crippen LogP) is 1.21. The van der Waals surface area contributed by atoms with Crippen molar-refractivity contribution < 1.29 is 4.74 Å². The van der Waals surface area contributed by atoms with Crippen molar-refractivity contribution in [1.82, 2.24) is 20.2 Å². The minimum Gasteiger partial charge on any atom is -0.379 e. The first kappa shape index (κ1) is 15.6. The zero-order valence-electron chi connectivity index (χ0n) is 13.3. The molecular formula is C16H22N6O. The Kier molecular flexibility index (Phi) is 4.99. The number of hydrogen-bond donors (Lipinski definition) is 3. The normalized spacial score (nSPS) is 15.5. The lowest BCUT2D eigenvalue weighted by molar-refractivity contribution is 0.0389. The maximum absolute atomic E-state index is 7.98. The number of guanidine groups is 1. The van der Waals surface area contributed by atoms with Crippen LogP contribution in [0.3, 0.4) is 0 Å². The molecule has 7 heteroatoms. The van der Waals surface area contributed by atoms with E-state index >= 15 is 0 Å². The number of aromatic nitrogens is 2. The molecule has 2 heterocycles. The van der Waals surface area contributed by atoms with Crippen LogP contribution in [0.5, 0.6) is 0 Å². The van der Waals surface area contributed by atoms with E-state index in [1.807, 2.05) is 31.2 Å². The molecule has 3 N–H and O–H groups in total. The second-order valence-corrected chi connectivity index (χ2v) is 5.53. The molecule has 1 aromatic carbocycles. The van der Waals surface area contributed by atoms with Gasteiger partial charge in [0.15, 0.2) is 5.96 Å². The Labute approximate surface area is 135 Å². The number of rotatable bonds is 4. The summed E-state index contributed by atoms with van der Waals surface area (Å²) in [6.07, 6.45) is 0. The fourth-order valence-corrected chi connectivity index (χ4v) is 2.61. The van der Waals surface area contributed by atoms with E-state index in [1.165, 1.54) is 0 Å². The number of morpholine rings is 1. The smallest absolute Gasteiger partial charge is 0.230 e. The summed E-state index contributed by atoms with van der Waals surface area (Å²) >= 11 is 0. The first-order valence-corrected chi connectivity index (χ1v) is 7.85. The highest BCUT2D eigenvalue weighted by Gasteiger charge is 2.10. The van der Waals surface area contributed by atoms with E-state index in [0.717, 1.165) is 49.4 Å². The standard InChI is InChI=1S/C16H22N6O/c1-12-13-4-2-3-5-14(13)20-16(19-12)21-15(17)18-6-7-22-8-10-23-11-9-22/h2-5H,6-11H2,1H3,(H3,17,18,19,20,21). The predicted molar refractivity (Wildman–Crippen MR) is 90.9 cm³/mol. The molecule has 0 spiro atoms. The van der Waals surface area contributed by atoms with E-state index in [9.17, 15) is 0 Å². The van der Waals surface area contributed by atoms with Crippen LogP contribution < -0.4 is 10.6 Å². The summed E-state index contributed by atoms with van der Waals surface area (Å²) in [5.41, 5.74) is 1.78. The summed E-state index contributed by atoms with van der Waals surface area (Å²) in [4.78, 5) is 11.2. The summed E-state index contributed by atoms with van der Waals surface area (Å²) < 4.78 is 5.32. The molecule has 3 rings (SSSR count). The number of nitrogens with zero attached hydrogens (tertiary/aromatic N) is 3. The van der Waals surface area contributed by atoms with Crippen molar-refractivity contribution >= 4 is 22.8 Å². The molecule has 1 saturated heterocycles. The third-order valence-corrected chi connectivity index (χ3v) is 3.86. The number of anilines is 1. The Hall–Kier alpha value is -2.25. The van der Waals surface area contributed by atoms with Crippen LogP contribution in [0.1, 0.15) is 5.69 Å². The molecule has 0 amide bonds. The lowest BCUT2D eigenvalue weighted by atomic mass is 10.2. The van der Waals surface area contributed by atoms with Gasteiger partial charge in [0.25, 0.3) is 0 Å². The van der Waals surface area contributed by atoms with Crippen molar-refractivity contribution in [3.63, 3.8) is 0 Å². The van der Waals surface area contributed by atoms with E-state index in [0.29, 0.717) is 12.5 Å². The van der Waals surface area contributed by atoms with Gasteiger partial charge in [-0.05, 0) is 13.0 Å². The van der Waals surface area contributed by atoms with Gasteiger partial charge in [-0.1, -0.05) is 18.2 Å². The molecule has 2 aromatic rings. The second kappa shape index (κ2) is 7.34. The summed E-state index contributed by atoms with van der Waals surface area (Å²) in [7, 11) is 0. The number of ether oxygens (including phenoxy) is 1. The minimum atomic E-state index is 0.216. The van der Waals surface area contributed by atoms with Crippen LogP contribution in [-0.4, -0.2) is 60.2 Å². The maximum Gasteiger partial charge on any atom is 0.230 e. The third-order valence-electron chi connectivity index (χ3n) is 3.86. The van der Waals surface area contributed by atoms with Gasteiger partial charge in [-0.15, -0.1) is 0 Å². The fourth-order valence-electron chi connectivity index (χ4n) is 2.61. The van der Waals surface area contributed by atoms with E-state index < -0.39 is 0 Å². The molecule has 23 heavy (non-hydrogen) atoms. The molecule has 1 fully saturated rings. The van der Waals surface area contributed by atoms with Crippen LogP contribution in [0.2, 0.25) is 0 Å². The Morgan fingerprint density at radius 1 is 1.26 bits per heavy atom. The molecule has 122 valence electrons. The molecular weight excluding hydrogens is 292 g/mol. The maximum atomic E-state index is 7.98. The van der Waals surface area contributed by atoms with Gasteiger partial charge in [-0.25, -0.2) is 9.97 Å². The Bertz CT molecular complexity index is 683. The molecule has 0 atom stereocenters. The minimum absolute atomic E-state index is 0.216. The van der Waals surface area contributed by atoms with Crippen LogP contribution in [0.15, 0.2) is 24.3 Å². The first-order valence-electron chi connectivity index (χ1n) is 7.85. The van der Waals surface area contributed by atoms with Crippen LogP contribution in [0.25, 0.3) is 10.9 Å². The van der Waals surface area contributed by atoms with Gasteiger partial charge in [0.2, 0.25) is 5.95 Å². The average molecular weight is 314 g/mol. The number of hydrogen-bond acceptors (Lipinski definition) is 5. The monoisotopic (exact) mass is 314 g/mol. The number of benzene rings is 1. The van der Waals surface area contributed by atoms with Crippen molar-refractivity contribution in [2.75, 3.05) is 44.7 Å². The highest BCUT2D eigenvalue weighted by molar-refractivity contribution is 5.91. The lowest BCUT2D eigenvalue weighted by Crippen LogP contribution is -2.42. The largest absolute Gasteiger partial charge is 0.379 e. The van der Waals surface area contributed by atoms with Gasteiger partial charge in [-0.3, -0.25) is 15.6 Å². The van der Waals surface area contributed by atoms with Crippen molar-refractivity contribution in [1.29, 1.82) is 5.41 Å². The quantitative estimate of drug-likeness (QED) is 0.581. The van der Waals surface area contributed by atoms with Crippen molar-refractivity contribution in [2.45, 2.75) is 6.92 Å². The summed E-state index contributed by atoms with van der Waals surface area (Å²) in [5, 5.41) is 15.0. The number of nitrogens with one attached hydrogen (secondary N) is 3. The zero-order valence-corrected chi connectivity index (χ0v) is 13.3. The Balaban J connectivity index is 1.53. The zero-order chi connectivity index (χ0) is 16.1. The first-order chi connectivity index (χ1) is 11.2.